The molecule has 2 aromatic carbocycles. The van der Waals surface area contributed by atoms with Crippen molar-refractivity contribution in [2.45, 2.75) is 18.7 Å². The van der Waals surface area contributed by atoms with E-state index in [1.807, 2.05) is 30.3 Å². The molecule has 0 atom stereocenters. The highest BCUT2D eigenvalue weighted by atomic mass is 32.2. The second kappa shape index (κ2) is 7.15. The largest absolute Gasteiger partial charge is 0.351 e. The Morgan fingerprint density at radius 2 is 1.80 bits per heavy atom. The van der Waals surface area contributed by atoms with Crippen LogP contribution in [-0.4, -0.2) is 18.2 Å². The number of carbonyl (C=O) groups is 1. The van der Waals surface area contributed by atoms with Crippen LogP contribution < -0.4 is 5.32 Å². The summed E-state index contributed by atoms with van der Waals surface area (Å²) in [5, 5.41) is 2.94. The Bertz CT molecular complexity index is 581. The Morgan fingerprint density at radius 3 is 2.50 bits per heavy atom. The molecule has 3 heteroatoms. The number of hydrogen-bond donors (Lipinski definition) is 1. The van der Waals surface area contributed by atoms with Crippen LogP contribution in [0.1, 0.15) is 21.5 Å². The fraction of sp³-hybridized carbons (Fsp3) is 0.235. The SMILES string of the molecule is Cc1ccc(SCCNC(=O)c2ccccc2)cc1C. The highest BCUT2D eigenvalue weighted by Crippen LogP contribution is 2.20. The average Bonchev–Trinajstić information content (AvgIpc) is 2.48. The first-order chi connectivity index (χ1) is 9.66. The smallest absolute Gasteiger partial charge is 0.251 e. The maximum atomic E-state index is 11.8. The predicted molar refractivity (Wildman–Crippen MR) is 85.4 cm³/mol. The summed E-state index contributed by atoms with van der Waals surface area (Å²) in [5.74, 6) is 0.868. The molecule has 0 saturated carbocycles. The number of hydrogen-bond acceptors (Lipinski definition) is 2. The van der Waals surface area contributed by atoms with Crippen LogP contribution in [0, 0.1) is 13.8 Å². The van der Waals surface area contributed by atoms with Crippen molar-refractivity contribution in [2.75, 3.05) is 12.3 Å². The number of amides is 1. The topological polar surface area (TPSA) is 29.1 Å². The first kappa shape index (κ1) is 14.7. The molecule has 2 rings (SSSR count). The summed E-state index contributed by atoms with van der Waals surface area (Å²) in [6.45, 7) is 4.91. The lowest BCUT2D eigenvalue weighted by molar-refractivity contribution is 0.0956. The van der Waals surface area contributed by atoms with E-state index in [2.05, 4.69) is 37.4 Å². The van der Waals surface area contributed by atoms with Gasteiger partial charge in [-0.25, -0.2) is 0 Å². The summed E-state index contributed by atoms with van der Waals surface area (Å²) in [4.78, 5) is 13.1. The monoisotopic (exact) mass is 285 g/mol. The minimum atomic E-state index is -0.00807. The third-order valence-electron chi connectivity index (χ3n) is 3.17. The molecule has 0 fully saturated rings. The summed E-state index contributed by atoms with van der Waals surface area (Å²) in [6.07, 6.45) is 0. The van der Waals surface area contributed by atoms with Crippen LogP contribution in [0.5, 0.6) is 0 Å². The van der Waals surface area contributed by atoms with Gasteiger partial charge in [-0.3, -0.25) is 4.79 Å². The number of benzene rings is 2. The van der Waals surface area contributed by atoms with Crippen molar-refractivity contribution in [2.24, 2.45) is 0 Å². The Hall–Kier alpha value is -1.74. The van der Waals surface area contributed by atoms with Crippen molar-refractivity contribution in [3.05, 3.63) is 65.2 Å². The Balaban J connectivity index is 1.76. The van der Waals surface area contributed by atoms with Crippen molar-refractivity contribution in [3.63, 3.8) is 0 Å². The molecule has 0 saturated heterocycles. The average molecular weight is 285 g/mol. The van der Waals surface area contributed by atoms with Gasteiger partial charge in [0, 0.05) is 22.8 Å². The van der Waals surface area contributed by atoms with E-state index in [-0.39, 0.29) is 5.91 Å². The third kappa shape index (κ3) is 4.14. The molecule has 2 aromatic rings. The number of carbonyl (C=O) groups excluding carboxylic acids is 1. The zero-order valence-electron chi connectivity index (χ0n) is 11.8. The molecule has 0 spiro atoms. The molecule has 0 unspecified atom stereocenters. The minimum Gasteiger partial charge on any atom is -0.351 e. The summed E-state index contributed by atoms with van der Waals surface area (Å²) in [5.41, 5.74) is 3.33. The van der Waals surface area contributed by atoms with Gasteiger partial charge in [-0.15, -0.1) is 11.8 Å². The molecule has 0 aliphatic rings. The molecule has 20 heavy (non-hydrogen) atoms. The van der Waals surface area contributed by atoms with Crippen LogP contribution in [0.15, 0.2) is 53.4 Å². The highest BCUT2D eigenvalue weighted by molar-refractivity contribution is 7.99. The Kier molecular flexibility index (Phi) is 5.24. The Labute approximate surface area is 124 Å². The molecule has 0 aromatic heterocycles. The van der Waals surface area contributed by atoms with Gasteiger partial charge in [-0.05, 0) is 49.2 Å². The molecule has 104 valence electrons. The molecule has 0 radical (unpaired) electrons. The number of rotatable bonds is 5. The van der Waals surface area contributed by atoms with Crippen molar-refractivity contribution < 1.29 is 4.79 Å². The summed E-state index contributed by atoms with van der Waals surface area (Å²) in [7, 11) is 0. The molecule has 0 bridgehead atoms. The highest BCUT2D eigenvalue weighted by Gasteiger charge is 2.03. The van der Waals surface area contributed by atoms with Crippen molar-refractivity contribution in [3.8, 4) is 0 Å². The van der Waals surface area contributed by atoms with E-state index in [9.17, 15) is 4.79 Å². The molecule has 1 N–H and O–H groups in total. The molecule has 0 aliphatic heterocycles. The molecule has 1 amide bonds. The Morgan fingerprint density at radius 1 is 1.05 bits per heavy atom. The van der Waals surface area contributed by atoms with E-state index >= 15 is 0 Å². The van der Waals surface area contributed by atoms with Gasteiger partial charge < -0.3 is 5.32 Å². The molecule has 0 heterocycles. The first-order valence-corrected chi connectivity index (χ1v) is 7.68. The van der Waals surface area contributed by atoms with Gasteiger partial charge in [-0.2, -0.15) is 0 Å². The van der Waals surface area contributed by atoms with E-state index in [1.165, 1.54) is 16.0 Å². The van der Waals surface area contributed by atoms with Crippen LogP contribution in [0.2, 0.25) is 0 Å². The molecular formula is C17H19NOS. The van der Waals surface area contributed by atoms with Gasteiger partial charge in [0.2, 0.25) is 0 Å². The van der Waals surface area contributed by atoms with Crippen molar-refractivity contribution in [1.82, 2.24) is 5.32 Å². The zero-order valence-corrected chi connectivity index (χ0v) is 12.7. The van der Waals surface area contributed by atoms with Crippen LogP contribution in [-0.2, 0) is 0 Å². The molecule has 2 nitrogen and oxygen atoms in total. The van der Waals surface area contributed by atoms with E-state index in [0.29, 0.717) is 12.1 Å². The molecular weight excluding hydrogens is 266 g/mol. The lowest BCUT2D eigenvalue weighted by atomic mass is 10.1. The van der Waals surface area contributed by atoms with Gasteiger partial charge in [0.05, 0.1) is 0 Å². The second-order valence-electron chi connectivity index (χ2n) is 4.72. The van der Waals surface area contributed by atoms with Gasteiger partial charge in [0.15, 0.2) is 0 Å². The third-order valence-corrected chi connectivity index (χ3v) is 4.17. The van der Waals surface area contributed by atoms with E-state index in [1.54, 1.807) is 11.8 Å². The quantitative estimate of drug-likeness (QED) is 0.668. The van der Waals surface area contributed by atoms with Crippen LogP contribution in [0.25, 0.3) is 0 Å². The zero-order chi connectivity index (χ0) is 14.4. The normalized spacial score (nSPS) is 10.3. The van der Waals surface area contributed by atoms with E-state index in [0.717, 1.165) is 5.75 Å². The number of aryl methyl sites for hydroxylation is 2. The van der Waals surface area contributed by atoms with Gasteiger partial charge in [0.25, 0.3) is 5.91 Å². The maximum absolute atomic E-state index is 11.8. The van der Waals surface area contributed by atoms with Crippen molar-refractivity contribution >= 4 is 17.7 Å². The second-order valence-corrected chi connectivity index (χ2v) is 5.88. The van der Waals surface area contributed by atoms with Gasteiger partial charge in [0.1, 0.15) is 0 Å². The van der Waals surface area contributed by atoms with Gasteiger partial charge >= 0.3 is 0 Å². The lowest BCUT2D eigenvalue weighted by Crippen LogP contribution is -2.25. The fourth-order valence-electron chi connectivity index (χ4n) is 1.83. The number of thioether (sulfide) groups is 1. The minimum absolute atomic E-state index is 0.00807. The first-order valence-electron chi connectivity index (χ1n) is 6.70. The standard InChI is InChI=1S/C17H19NOS/c1-13-8-9-16(12-14(13)2)20-11-10-18-17(19)15-6-4-3-5-7-15/h3-9,12H,10-11H2,1-2H3,(H,18,19). The van der Waals surface area contributed by atoms with E-state index in [4.69, 9.17) is 0 Å². The molecule has 0 aliphatic carbocycles. The van der Waals surface area contributed by atoms with E-state index < -0.39 is 0 Å². The summed E-state index contributed by atoms with van der Waals surface area (Å²) >= 11 is 1.77. The van der Waals surface area contributed by atoms with Gasteiger partial charge in [-0.1, -0.05) is 24.3 Å². The fourth-order valence-corrected chi connectivity index (χ4v) is 2.69. The lowest BCUT2D eigenvalue weighted by Gasteiger charge is -2.07. The van der Waals surface area contributed by atoms with Crippen molar-refractivity contribution in [1.29, 1.82) is 0 Å². The van der Waals surface area contributed by atoms with Crippen LogP contribution >= 0.6 is 11.8 Å². The predicted octanol–water partition coefficient (Wildman–Crippen LogP) is 3.83. The van der Waals surface area contributed by atoms with Crippen LogP contribution in [0.4, 0.5) is 0 Å². The summed E-state index contributed by atoms with van der Waals surface area (Å²) in [6, 6.07) is 15.8. The van der Waals surface area contributed by atoms with Crippen LogP contribution in [0.3, 0.4) is 0 Å². The summed E-state index contributed by atoms with van der Waals surface area (Å²) < 4.78 is 0. The maximum Gasteiger partial charge on any atom is 0.251 e. The number of nitrogens with one attached hydrogen (secondary N) is 1.